The van der Waals surface area contributed by atoms with Crippen LogP contribution in [0.4, 0.5) is 13.6 Å². The second kappa shape index (κ2) is 10.6. The molecule has 0 bridgehead atoms. The van der Waals surface area contributed by atoms with Gasteiger partial charge in [0.1, 0.15) is 29.3 Å². The SMILES string of the molecule is N#CCC1(n2cc(C3=c4cc[nH]c4=NC=C=C3)cn2)CN(C2CCN(C(=O)OCc3cc(F)cc(F)c3)CC2)C1. The highest BCUT2D eigenvalue weighted by Gasteiger charge is 2.48. The summed E-state index contributed by atoms with van der Waals surface area (Å²) in [6.45, 7) is 2.25. The van der Waals surface area contributed by atoms with E-state index in [2.05, 4.69) is 31.8 Å². The molecule has 0 radical (unpaired) electrons. The molecule has 3 aromatic rings. The second-order valence-electron chi connectivity index (χ2n) is 10.4. The van der Waals surface area contributed by atoms with Crippen molar-refractivity contribution in [2.75, 3.05) is 26.2 Å². The number of nitrogens with one attached hydrogen (secondary N) is 1. The molecule has 0 unspecified atom stereocenters. The molecule has 2 aromatic heterocycles. The van der Waals surface area contributed by atoms with Gasteiger partial charge in [-0.2, -0.15) is 10.4 Å². The minimum atomic E-state index is -0.705. The third-order valence-electron chi connectivity index (χ3n) is 7.82. The lowest BCUT2D eigenvalue weighted by atomic mass is 9.84. The van der Waals surface area contributed by atoms with Gasteiger partial charge in [-0.05, 0) is 42.7 Å². The third-order valence-corrected chi connectivity index (χ3v) is 7.82. The van der Waals surface area contributed by atoms with Crippen LogP contribution in [-0.2, 0) is 16.9 Å². The largest absolute Gasteiger partial charge is 0.445 e. The predicted octanol–water partition coefficient (Wildman–Crippen LogP) is 2.72. The molecule has 40 heavy (non-hydrogen) atoms. The molecule has 1 aromatic carbocycles. The van der Waals surface area contributed by atoms with E-state index in [9.17, 15) is 18.8 Å². The van der Waals surface area contributed by atoms with Gasteiger partial charge >= 0.3 is 6.09 Å². The maximum atomic E-state index is 13.4. The summed E-state index contributed by atoms with van der Waals surface area (Å²) in [4.78, 5) is 24.0. The summed E-state index contributed by atoms with van der Waals surface area (Å²) < 4.78 is 34.0. The van der Waals surface area contributed by atoms with E-state index in [-0.39, 0.29) is 18.2 Å². The van der Waals surface area contributed by atoms with Gasteiger partial charge in [-0.15, -0.1) is 5.73 Å². The molecule has 6 rings (SSSR count). The molecule has 2 fully saturated rings. The number of hydrogen-bond acceptors (Lipinski definition) is 6. The molecule has 9 nitrogen and oxygen atoms in total. The smallest absolute Gasteiger partial charge is 0.410 e. The zero-order valence-corrected chi connectivity index (χ0v) is 21.7. The molecule has 0 saturated carbocycles. The lowest BCUT2D eigenvalue weighted by molar-refractivity contribution is -0.0426. The topological polar surface area (TPSA) is 103 Å². The quantitative estimate of drug-likeness (QED) is 0.482. The first-order chi connectivity index (χ1) is 19.4. The number of carbonyl (C=O) groups excluding carboxylic acids is 1. The molecule has 204 valence electrons. The van der Waals surface area contributed by atoms with Gasteiger partial charge in [0.05, 0.1) is 24.9 Å². The number of allylic oxidation sites excluding steroid dienone is 1. The molecule has 0 aliphatic carbocycles. The van der Waals surface area contributed by atoms with Gasteiger partial charge in [-0.25, -0.2) is 18.6 Å². The molecule has 5 heterocycles. The van der Waals surface area contributed by atoms with Crippen molar-refractivity contribution in [1.82, 2.24) is 24.6 Å². The Morgan fingerprint density at radius 2 is 2.00 bits per heavy atom. The van der Waals surface area contributed by atoms with Crippen LogP contribution < -0.4 is 10.7 Å². The van der Waals surface area contributed by atoms with Gasteiger partial charge in [-0.3, -0.25) is 9.58 Å². The van der Waals surface area contributed by atoms with E-state index in [0.717, 1.165) is 52.9 Å². The number of benzene rings is 1. The highest BCUT2D eigenvalue weighted by atomic mass is 19.1. The van der Waals surface area contributed by atoms with Crippen molar-refractivity contribution in [3.8, 4) is 6.07 Å². The van der Waals surface area contributed by atoms with Crippen LogP contribution >= 0.6 is 0 Å². The second-order valence-corrected chi connectivity index (χ2v) is 10.4. The van der Waals surface area contributed by atoms with E-state index >= 15 is 0 Å². The Bertz CT molecular complexity index is 1640. The number of fused-ring (bicyclic) bond motifs is 1. The predicted molar refractivity (Wildman–Crippen MR) is 140 cm³/mol. The standard InChI is InChI=1S/C29H27F2N7O2/c30-22-12-20(13-23(31)14-22)17-40-28(39)36-10-4-24(5-11-36)37-18-29(19-37,6-7-32)38-16-21(15-35-38)25-2-1-8-33-27-26(25)3-9-34-27/h2-3,8-9,12-16,24H,4-6,10-11,17-19H2,(H,33,34). The number of piperidine rings is 1. The van der Waals surface area contributed by atoms with E-state index in [4.69, 9.17) is 4.74 Å². The highest BCUT2D eigenvalue weighted by Crippen LogP contribution is 2.36. The Morgan fingerprint density at radius 3 is 2.75 bits per heavy atom. The van der Waals surface area contributed by atoms with Gasteiger partial charge in [-0.1, -0.05) is 0 Å². The van der Waals surface area contributed by atoms with Gasteiger partial charge in [0.2, 0.25) is 0 Å². The fourth-order valence-corrected chi connectivity index (χ4v) is 5.74. The van der Waals surface area contributed by atoms with Crippen LogP contribution in [0.5, 0.6) is 0 Å². The van der Waals surface area contributed by atoms with Crippen LogP contribution in [0.2, 0.25) is 0 Å². The van der Waals surface area contributed by atoms with Crippen LogP contribution in [0, 0.1) is 23.0 Å². The number of hydrogen-bond donors (Lipinski definition) is 1. The first kappa shape index (κ1) is 25.7. The van der Waals surface area contributed by atoms with Crippen LogP contribution in [0.15, 0.2) is 65.9 Å². The number of amides is 1. The normalized spacial score (nSPS) is 18.4. The minimum Gasteiger partial charge on any atom is -0.445 e. The van der Waals surface area contributed by atoms with Crippen molar-refractivity contribution in [2.45, 2.75) is 37.5 Å². The lowest BCUT2D eigenvalue weighted by Gasteiger charge is -2.53. The van der Waals surface area contributed by atoms with Crippen molar-refractivity contribution < 1.29 is 18.3 Å². The molecule has 3 aliphatic rings. The molecule has 1 amide bonds. The van der Waals surface area contributed by atoms with Gasteiger partial charge in [0.15, 0.2) is 0 Å². The Balaban J connectivity index is 1.07. The summed E-state index contributed by atoms with van der Waals surface area (Å²) in [6.07, 6.45) is 10.6. The summed E-state index contributed by atoms with van der Waals surface area (Å²) in [5.74, 6) is -1.41. The molecule has 11 heteroatoms. The molecule has 0 atom stereocenters. The van der Waals surface area contributed by atoms with Crippen LogP contribution in [0.1, 0.15) is 30.4 Å². The van der Waals surface area contributed by atoms with Crippen molar-refractivity contribution in [1.29, 1.82) is 5.26 Å². The number of nitriles is 1. The van der Waals surface area contributed by atoms with Crippen LogP contribution in [0.3, 0.4) is 0 Å². The third kappa shape index (κ3) is 4.95. The van der Waals surface area contributed by atoms with Crippen LogP contribution in [-0.4, -0.2) is 62.9 Å². The fraction of sp³-hybridized carbons (Fsp3) is 0.345. The van der Waals surface area contributed by atoms with Gasteiger partial charge < -0.3 is 14.6 Å². The Kier molecular flexibility index (Phi) is 6.80. The number of rotatable bonds is 6. The number of aromatic nitrogens is 3. The highest BCUT2D eigenvalue weighted by molar-refractivity contribution is 5.72. The van der Waals surface area contributed by atoms with E-state index < -0.39 is 23.3 Å². The summed E-state index contributed by atoms with van der Waals surface area (Å²) in [7, 11) is 0. The first-order valence-electron chi connectivity index (χ1n) is 13.1. The van der Waals surface area contributed by atoms with E-state index in [1.165, 1.54) is 0 Å². The lowest BCUT2D eigenvalue weighted by Crippen LogP contribution is -2.66. The average Bonchev–Trinajstić information content (AvgIpc) is 3.56. The van der Waals surface area contributed by atoms with Crippen molar-refractivity contribution in [3.05, 3.63) is 94.3 Å². The fourth-order valence-electron chi connectivity index (χ4n) is 5.74. The molecule has 0 spiro atoms. The van der Waals surface area contributed by atoms with E-state index in [1.807, 2.05) is 35.4 Å². The molecule has 1 N–H and O–H groups in total. The molecule has 2 saturated heterocycles. The molecule has 3 aliphatic heterocycles. The summed E-state index contributed by atoms with van der Waals surface area (Å²) >= 11 is 0. The Labute approximate surface area is 229 Å². The maximum absolute atomic E-state index is 13.4. The van der Waals surface area contributed by atoms with E-state index in [0.29, 0.717) is 32.6 Å². The zero-order chi connectivity index (χ0) is 27.7. The number of halogens is 2. The van der Waals surface area contributed by atoms with Crippen molar-refractivity contribution in [2.24, 2.45) is 4.99 Å². The number of nitrogens with zero attached hydrogens (tertiary/aromatic N) is 6. The summed E-state index contributed by atoms with van der Waals surface area (Å²) in [6, 6.07) is 7.68. The minimum absolute atomic E-state index is 0.187. The monoisotopic (exact) mass is 543 g/mol. The van der Waals surface area contributed by atoms with Crippen LogP contribution in [0.25, 0.3) is 5.57 Å². The number of ether oxygens (including phenoxy) is 1. The average molecular weight is 544 g/mol. The Hall–Kier alpha value is -4.52. The number of carbonyl (C=O) groups is 1. The zero-order valence-electron chi connectivity index (χ0n) is 21.7. The van der Waals surface area contributed by atoms with Gasteiger partial charge in [0, 0.05) is 67.0 Å². The Morgan fingerprint density at radius 1 is 1.23 bits per heavy atom. The number of aromatic amines is 1. The number of H-pyrrole nitrogens is 1. The summed E-state index contributed by atoms with van der Waals surface area (Å²) in [5, 5.41) is 15.3. The van der Waals surface area contributed by atoms with Crippen molar-refractivity contribution in [3.63, 3.8) is 0 Å². The maximum Gasteiger partial charge on any atom is 0.410 e. The molecular formula is C29H27F2N7O2. The van der Waals surface area contributed by atoms with E-state index in [1.54, 1.807) is 11.1 Å². The van der Waals surface area contributed by atoms with Crippen molar-refractivity contribution >= 4 is 11.7 Å². The summed E-state index contributed by atoms with van der Waals surface area (Å²) in [5.41, 5.74) is 5.59. The number of likely N-dealkylation sites (tertiary alicyclic amines) is 2. The molecular weight excluding hydrogens is 516 g/mol. The van der Waals surface area contributed by atoms with Gasteiger partial charge in [0.25, 0.3) is 0 Å². The first-order valence-corrected chi connectivity index (χ1v) is 13.1.